The van der Waals surface area contributed by atoms with Crippen molar-refractivity contribution in [1.82, 2.24) is 10.0 Å². The van der Waals surface area contributed by atoms with Crippen LogP contribution >= 0.6 is 11.3 Å². The Morgan fingerprint density at radius 1 is 1.00 bits per heavy atom. The molecule has 1 saturated heterocycles. The Labute approximate surface area is 232 Å². The van der Waals surface area contributed by atoms with Crippen molar-refractivity contribution in [2.75, 3.05) is 17.2 Å². The predicted molar refractivity (Wildman–Crippen MR) is 147 cm³/mol. The highest BCUT2D eigenvalue weighted by Crippen LogP contribution is 2.33. The summed E-state index contributed by atoms with van der Waals surface area (Å²) >= 11 is 1.33. The minimum Gasteiger partial charge on any atom is -0.497 e. The smallest absolute Gasteiger partial charge is 0.333 e. The number of hydrogen-bond acceptors (Lipinski definition) is 10. The number of aromatic nitrogens is 1. The molecule has 0 aliphatic carbocycles. The second kappa shape index (κ2) is 11.0. The van der Waals surface area contributed by atoms with Crippen LogP contribution in [0.25, 0.3) is 21.1 Å². The van der Waals surface area contributed by atoms with Gasteiger partial charge in [-0.15, -0.1) is 16.4 Å². The largest absolute Gasteiger partial charge is 0.497 e. The molecule has 0 atom stereocenters. The number of hydrogen-bond donors (Lipinski definition) is 0. The number of anilines is 1. The van der Waals surface area contributed by atoms with E-state index in [9.17, 15) is 27.6 Å². The van der Waals surface area contributed by atoms with Crippen LogP contribution < -0.4 is 9.04 Å². The minimum absolute atomic E-state index is 0.0550. The molecule has 1 aliphatic heterocycles. The molecule has 0 N–H and O–H groups in total. The van der Waals surface area contributed by atoms with Crippen molar-refractivity contribution in [2.45, 2.75) is 25.7 Å². The van der Waals surface area contributed by atoms with Gasteiger partial charge in [-0.05, 0) is 48.2 Å². The van der Waals surface area contributed by atoms with Crippen LogP contribution in [0.3, 0.4) is 0 Å². The Kier molecular flexibility index (Phi) is 7.50. The Morgan fingerprint density at radius 3 is 2.40 bits per heavy atom. The maximum atomic E-state index is 14.2. The Hall–Kier alpha value is -4.36. The highest BCUT2D eigenvalue weighted by molar-refractivity contribution is 7.93. The molecule has 1 aliphatic rings. The third-order valence-corrected chi connectivity index (χ3v) is 8.82. The second-order valence-corrected chi connectivity index (χ2v) is 11.7. The van der Waals surface area contributed by atoms with Gasteiger partial charge in [-0.25, -0.2) is 22.5 Å². The summed E-state index contributed by atoms with van der Waals surface area (Å²) in [4.78, 5) is 59.8. The standard InChI is InChI=1S/C27H23N3O8S2/c1-37-18-10-8-17(9-11-18)30(40(35,36)16-4-7-24(33)38-29-22(31)12-13-23(29)32)27(34)25-19-5-2-3-6-21(19)28-26-20(25)14-15-39-26/h2-3,5-6,8-11,14-15H,4,7,12-13,16H2,1H3. The first-order valence-electron chi connectivity index (χ1n) is 12.2. The van der Waals surface area contributed by atoms with E-state index in [-0.39, 0.29) is 30.5 Å². The highest BCUT2D eigenvalue weighted by Gasteiger charge is 2.34. The lowest BCUT2D eigenvalue weighted by molar-refractivity contribution is -0.197. The van der Waals surface area contributed by atoms with Crippen LogP contribution in [0.15, 0.2) is 60.0 Å². The number of fused-ring (bicyclic) bond motifs is 2. The maximum Gasteiger partial charge on any atom is 0.333 e. The first-order valence-corrected chi connectivity index (χ1v) is 14.7. The van der Waals surface area contributed by atoms with Gasteiger partial charge in [0.05, 0.1) is 29.6 Å². The van der Waals surface area contributed by atoms with Gasteiger partial charge in [-0.2, -0.15) is 0 Å². The van der Waals surface area contributed by atoms with Crippen molar-refractivity contribution in [3.63, 3.8) is 0 Å². The number of carbonyl (C=O) groups excluding carboxylic acids is 4. The predicted octanol–water partition coefficient (Wildman–Crippen LogP) is 3.82. The van der Waals surface area contributed by atoms with Gasteiger partial charge in [-0.3, -0.25) is 14.4 Å². The zero-order chi connectivity index (χ0) is 28.4. The molecule has 0 saturated carbocycles. The van der Waals surface area contributed by atoms with Crippen molar-refractivity contribution in [2.24, 2.45) is 0 Å². The van der Waals surface area contributed by atoms with Crippen LogP contribution in [0, 0.1) is 0 Å². The number of hydroxylamine groups is 2. The minimum atomic E-state index is -4.34. The van der Waals surface area contributed by atoms with Crippen LogP contribution in [0.4, 0.5) is 5.69 Å². The van der Waals surface area contributed by atoms with Crippen molar-refractivity contribution in [3.8, 4) is 5.75 Å². The van der Waals surface area contributed by atoms with Gasteiger partial charge in [0.1, 0.15) is 10.6 Å². The van der Waals surface area contributed by atoms with Gasteiger partial charge in [0.2, 0.25) is 10.0 Å². The van der Waals surface area contributed by atoms with Crippen LogP contribution in [0.2, 0.25) is 0 Å². The number of thiophene rings is 1. The monoisotopic (exact) mass is 581 g/mol. The molecule has 3 amide bonds. The first-order chi connectivity index (χ1) is 19.2. The molecule has 0 radical (unpaired) electrons. The van der Waals surface area contributed by atoms with Gasteiger partial charge in [0, 0.05) is 30.0 Å². The summed E-state index contributed by atoms with van der Waals surface area (Å²) < 4.78 is 33.4. The summed E-state index contributed by atoms with van der Waals surface area (Å²) in [6, 6.07) is 14.7. The molecule has 5 rings (SSSR count). The summed E-state index contributed by atoms with van der Waals surface area (Å²) in [7, 11) is -2.87. The number of imide groups is 1. The normalized spacial score (nSPS) is 13.7. The number of nitrogens with zero attached hydrogens (tertiary/aromatic N) is 3. The van der Waals surface area contributed by atoms with E-state index < -0.39 is 45.9 Å². The van der Waals surface area contributed by atoms with Gasteiger partial charge in [0.25, 0.3) is 17.7 Å². The molecule has 2 aromatic heterocycles. The molecule has 4 aromatic rings. The average molecular weight is 582 g/mol. The molecule has 0 unspecified atom stereocenters. The number of amides is 3. The van der Waals surface area contributed by atoms with E-state index in [1.54, 1.807) is 35.7 Å². The molecule has 0 spiro atoms. The van der Waals surface area contributed by atoms with E-state index >= 15 is 0 Å². The molecule has 1 fully saturated rings. The summed E-state index contributed by atoms with van der Waals surface area (Å²) in [5.41, 5.74) is 0.819. The lowest BCUT2D eigenvalue weighted by Crippen LogP contribution is -2.39. The summed E-state index contributed by atoms with van der Waals surface area (Å²) in [6.45, 7) is 0. The van der Waals surface area contributed by atoms with Crippen molar-refractivity contribution >= 4 is 71.9 Å². The fraction of sp³-hybridized carbons (Fsp3) is 0.222. The van der Waals surface area contributed by atoms with E-state index in [0.717, 1.165) is 4.31 Å². The number of carbonyl (C=O) groups is 4. The van der Waals surface area contributed by atoms with Crippen LogP contribution in [0.1, 0.15) is 36.0 Å². The number of sulfonamides is 1. The summed E-state index contributed by atoms with van der Waals surface area (Å²) in [6.07, 6.45) is -0.725. The van der Waals surface area contributed by atoms with Gasteiger partial charge < -0.3 is 9.57 Å². The van der Waals surface area contributed by atoms with Gasteiger partial charge in [-0.1, -0.05) is 18.2 Å². The zero-order valence-electron chi connectivity index (χ0n) is 21.2. The Balaban J connectivity index is 1.47. The summed E-state index contributed by atoms with van der Waals surface area (Å²) in [5, 5.41) is 3.20. The third kappa shape index (κ3) is 5.25. The lowest BCUT2D eigenvalue weighted by Gasteiger charge is -2.24. The molecular weight excluding hydrogens is 558 g/mol. The topological polar surface area (TPSA) is 140 Å². The van der Waals surface area contributed by atoms with Crippen molar-refractivity contribution in [1.29, 1.82) is 0 Å². The summed E-state index contributed by atoms with van der Waals surface area (Å²) in [5.74, 6) is -3.09. The van der Waals surface area contributed by atoms with Crippen LogP contribution in [0.5, 0.6) is 5.75 Å². The van der Waals surface area contributed by atoms with Crippen molar-refractivity contribution in [3.05, 3.63) is 65.5 Å². The molecule has 2 aromatic carbocycles. The lowest BCUT2D eigenvalue weighted by atomic mass is 10.0. The molecule has 206 valence electrons. The number of pyridine rings is 1. The van der Waals surface area contributed by atoms with E-state index in [1.807, 2.05) is 0 Å². The molecular formula is C27H23N3O8S2. The van der Waals surface area contributed by atoms with Crippen molar-refractivity contribution < 1.29 is 37.2 Å². The van der Waals surface area contributed by atoms with Crippen LogP contribution in [-0.2, 0) is 29.2 Å². The van der Waals surface area contributed by atoms with E-state index in [2.05, 4.69) is 4.98 Å². The SMILES string of the molecule is COc1ccc(N(C(=O)c2c3ccccc3nc3sccc23)S(=O)(=O)CCCC(=O)ON2C(=O)CCC2=O)cc1. The maximum absolute atomic E-state index is 14.2. The van der Waals surface area contributed by atoms with E-state index in [0.29, 0.717) is 31.9 Å². The van der Waals surface area contributed by atoms with Gasteiger partial charge >= 0.3 is 5.97 Å². The molecule has 13 heteroatoms. The second-order valence-electron chi connectivity index (χ2n) is 8.88. The fourth-order valence-corrected chi connectivity index (χ4v) is 6.62. The fourth-order valence-electron chi connectivity index (χ4n) is 4.36. The third-order valence-electron chi connectivity index (χ3n) is 6.27. The van der Waals surface area contributed by atoms with Crippen LogP contribution in [-0.4, -0.2) is 55.0 Å². The highest BCUT2D eigenvalue weighted by atomic mass is 32.2. The molecule has 0 bridgehead atoms. The number of para-hydroxylation sites is 1. The number of methoxy groups -OCH3 is 1. The molecule has 40 heavy (non-hydrogen) atoms. The number of ether oxygens (including phenoxy) is 1. The van der Waals surface area contributed by atoms with Gasteiger partial charge in [0.15, 0.2) is 0 Å². The van der Waals surface area contributed by atoms with E-state index in [4.69, 9.17) is 9.57 Å². The quantitative estimate of drug-likeness (QED) is 0.270. The van der Waals surface area contributed by atoms with E-state index in [1.165, 1.54) is 42.7 Å². The Morgan fingerprint density at radius 2 is 1.70 bits per heavy atom. The number of benzene rings is 2. The molecule has 11 nitrogen and oxygen atoms in total. The number of rotatable bonds is 9. The average Bonchev–Trinajstić information content (AvgIpc) is 3.53. The Bertz CT molecular complexity index is 1730. The molecule has 3 heterocycles. The first kappa shape index (κ1) is 27.2. The zero-order valence-corrected chi connectivity index (χ0v) is 22.9.